The molecule has 0 atom stereocenters. The second kappa shape index (κ2) is 13.1. The molecule has 0 saturated heterocycles. The molecule has 0 radical (unpaired) electrons. The predicted molar refractivity (Wildman–Crippen MR) is 120 cm³/mol. The Morgan fingerprint density at radius 2 is 1.72 bits per heavy atom. The molecule has 3 rings (SSSR count). The van der Waals surface area contributed by atoms with E-state index in [1.807, 2.05) is 46.3 Å². The second-order valence-electron chi connectivity index (χ2n) is 5.78. The molecule has 160 valence electrons. The molecule has 0 bridgehead atoms. The molecular weight excluding hydrogens is 366 g/mol. The van der Waals surface area contributed by atoms with Crippen LogP contribution in [0.5, 0.6) is 0 Å². The van der Waals surface area contributed by atoms with Gasteiger partial charge in [-0.2, -0.15) is 0 Å². The largest absolute Gasteiger partial charge is 0.337 e. The Labute approximate surface area is 174 Å². The SMILES string of the molecule is C=C1N(C)C=CC(=O)N1/C=C\C.CC.CC.CC(C)n1ccc(=O)c2nccn21. The van der Waals surface area contributed by atoms with Gasteiger partial charge in [0.2, 0.25) is 5.43 Å². The first-order chi connectivity index (χ1) is 13.9. The van der Waals surface area contributed by atoms with E-state index in [9.17, 15) is 9.59 Å². The third-order valence-electron chi connectivity index (χ3n) is 3.66. The number of rotatable bonds is 2. The van der Waals surface area contributed by atoms with Crippen LogP contribution in [0.15, 0.2) is 66.4 Å². The van der Waals surface area contributed by atoms with Crippen molar-refractivity contribution in [2.75, 3.05) is 7.05 Å². The van der Waals surface area contributed by atoms with Gasteiger partial charge >= 0.3 is 0 Å². The minimum atomic E-state index is -0.0591. The van der Waals surface area contributed by atoms with E-state index in [1.54, 1.807) is 52.5 Å². The first-order valence-corrected chi connectivity index (χ1v) is 9.97. The Kier molecular flexibility index (Phi) is 11.7. The van der Waals surface area contributed by atoms with Crippen LogP contribution in [0.1, 0.15) is 54.5 Å². The normalized spacial score (nSPS) is 13.0. The van der Waals surface area contributed by atoms with Crippen LogP contribution in [0.3, 0.4) is 0 Å². The number of hydrogen-bond acceptors (Lipinski definition) is 4. The topological polar surface area (TPSA) is 62.9 Å². The van der Waals surface area contributed by atoms with Crippen LogP contribution < -0.4 is 5.43 Å². The molecule has 7 nitrogen and oxygen atoms in total. The average Bonchev–Trinajstić information content (AvgIpc) is 3.22. The molecule has 0 aromatic carbocycles. The number of fused-ring (bicyclic) bond motifs is 1. The predicted octanol–water partition coefficient (Wildman–Crippen LogP) is 4.41. The Hall–Kier alpha value is -3.09. The molecule has 0 saturated carbocycles. The van der Waals surface area contributed by atoms with Crippen molar-refractivity contribution in [3.63, 3.8) is 0 Å². The van der Waals surface area contributed by atoms with Crippen molar-refractivity contribution in [3.8, 4) is 0 Å². The maximum atomic E-state index is 11.3. The highest BCUT2D eigenvalue weighted by Gasteiger charge is 2.17. The summed E-state index contributed by atoms with van der Waals surface area (Å²) in [5.41, 5.74) is 0.443. The maximum absolute atomic E-state index is 11.3. The van der Waals surface area contributed by atoms with Crippen molar-refractivity contribution >= 4 is 11.6 Å². The highest BCUT2D eigenvalue weighted by molar-refractivity contribution is 5.90. The van der Waals surface area contributed by atoms with E-state index in [1.165, 1.54) is 11.0 Å². The lowest BCUT2D eigenvalue weighted by Crippen LogP contribution is -2.33. The van der Waals surface area contributed by atoms with Crippen LogP contribution in [0, 0.1) is 0 Å². The summed E-state index contributed by atoms with van der Waals surface area (Å²) in [6, 6.07) is 1.86. The van der Waals surface area contributed by atoms with Crippen molar-refractivity contribution in [3.05, 3.63) is 71.8 Å². The Morgan fingerprint density at radius 3 is 2.28 bits per heavy atom. The molecule has 1 amide bonds. The van der Waals surface area contributed by atoms with Crippen LogP contribution >= 0.6 is 0 Å². The van der Waals surface area contributed by atoms with Crippen molar-refractivity contribution in [1.82, 2.24) is 24.0 Å². The number of amides is 1. The number of hydrogen-bond donors (Lipinski definition) is 0. The minimum absolute atomic E-state index is 0.0399. The highest BCUT2D eigenvalue weighted by Crippen LogP contribution is 2.13. The van der Waals surface area contributed by atoms with E-state index in [4.69, 9.17) is 0 Å². The summed E-state index contributed by atoms with van der Waals surface area (Å²) in [5.74, 6) is 0.608. The van der Waals surface area contributed by atoms with Crippen molar-refractivity contribution in [2.45, 2.75) is 54.5 Å². The lowest BCUT2D eigenvalue weighted by atomic mass is 10.4. The first-order valence-electron chi connectivity index (χ1n) is 9.97. The summed E-state index contributed by atoms with van der Waals surface area (Å²) < 4.78 is 3.73. The van der Waals surface area contributed by atoms with Gasteiger partial charge in [0.15, 0.2) is 5.65 Å². The van der Waals surface area contributed by atoms with E-state index in [-0.39, 0.29) is 11.3 Å². The zero-order chi connectivity index (χ0) is 22.6. The fourth-order valence-corrected chi connectivity index (χ4v) is 2.32. The second-order valence-corrected chi connectivity index (χ2v) is 5.78. The highest BCUT2D eigenvalue weighted by atomic mass is 16.2. The van der Waals surface area contributed by atoms with Crippen molar-refractivity contribution in [2.24, 2.45) is 0 Å². The van der Waals surface area contributed by atoms with Crippen LogP contribution in [-0.4, -0.2) is 36.9 Å². The van der Waals surface area contributed by atoms with E-state index in [0.29, 0.717) is 17.5 Å². The van der Waals surface area contributed by atoms with Crippen LogP contribution in [-0.2, 0) is 4.79 Å². The molecule has 1 aliphatic rings. The zero-order valence-electron chi connectivity index (χ0n) is 19.0. The van der Waals surface area contributed by atoms with Crippen LogP contribution in [0.4, 0.5) is 0 Å². The Balaban J connectivity index is 0.000000463. The summed E-state index contributed by atoms with van der Waals surface area (Å²) in [6.45, 7) is 17.8. The molecule has 2 aromatic heterocycles. The smallest absolute Gasteiger partial charge is 0.257 e. The van der Waals surface area contributed by atoms with Crippen molar-refractivity contribution < 1.29 is 4.79 Å². The molecule has 29 heavy (non-hydrogen) atoms. The summed E-state index contributed by atoms with van der Waals surface area (Å²) in [6.07, 6.45) is 11.9. The van der Waals surface area contributed by atoms with Gasteiger partial charge in [0.05, 0.1) is 0 Å². The lowest BCUT2D eigenvalue weighted by Gasteiger charge is -2.29. The standard InChI is InChI=1S/C9H11N3O.C9H12N2O.2C2H6/c1-7(2)11-5-3-8(13)9-10-4-6-12(9)11;1-4-6-11-8(2)10(3)7-5-9(11)12;2*1-2/h3-7H,1-2H3;4-7H,2H2,1,3H3;2*1-2H3/b;6-4-;;. The molecule has 0 N–H and O–H groups in total. The lowest BCUT2D eigenvalue weighted by molar-refractivity contribution is -0.123. The van der Waals surface area contributed by atoms with Gasteiger partial charge in [-0.3, -0.25) is 19.2 Å². The van der Waals surface area contributed by atoms with Gasteiger partial charge in [-0.25, -0.2) is 9.50 Å². The van der Waals surface area contributed by atoms with Gasteiger partial charge in [-0.1, -0.05) is 40.3 Å². The number of imidazole rings is 1. The molecule has 7 heteroatoms. The molecular formula is C22H35N5O2. The fourth-order valence-electron chi connectivity index (χ4n) is 2.32. The third kappa shape index (κ3) is 6.78. The fraction of sp³-hybridized carbons (Fsp3) is 0.409. The van der Waals surface area contributed by atoms with E-state index >= 15 is 0 Å². The number of allylic oxidation sites excluding steroid dienone is 1. The van der Waals surface area contributed by atoms with Crippen LogP contribution in [0.2, 0.25) is 0 Å². The summed E-state index contributed by atoms with van der Waals surface area (Å²) >= 11 is 0. The maximum Gasteiger partial charge on any atom is 0.257 e. The Bertz CT molecular complexity index is 890. The molecule has 1 aliphatic heterocycles. The van der Waals surface area contributed by atoms with E-state index in [0.717, 1.165) is 0 Å². The van der Waals surface area contributed by atoms with Gasteiger partial charge in [0.25, 0.3) is 5.91 Å². The number of aromatic nitrogens is 3. The van der Waals surface area contributed by atoms with Gasteiger partial charge in [0, 0.05) is 56.2 Å². The number of carbonyl (C=O) groups is 1. The van der Waals surface area contributed by atoms with Gasteiger partial charge in [-0.05, 0) is 20.8 Å². The van der Waals surface area contributed by atoms with E-state index < -0.39 is 0 Å². The number of carbonyl (C=O) groups excluding carboxylic acids is 1. The van der Waals surface area contributed by atoms with Gasteiger partial charge in [-0.15, -0.1) is 0 Å². The molecule has 0 unspecified atom stereocenters. The van der Waals surface area contributed by atoms with E-state index in [2.05, 4.69) is 25.4 Å². The summed E-state index contributed by atoms with van der Waals surface area (Å²) in [5, 5.41) is 0. The number of nitrogens with zero attached hydrogens (tertiary/aromatic N) is 5. The van der Waals surface area contributed by atoms with Gasteiger partial charge < -0.3 is 4.90 Å². The summed E-state index contributed by atoms with van der Waals surface area (Å²) in [7, 11) is 1.85. The summed E-state index contributed by atoms with van der Waals surface area (Å²) in [4.78, 5) is 29.8. The monoisotopic (exact) mass is 401 g/mol. The third-order valence-corrected chi connectivity index (χ3v) is 3.66. The average molecular weight is 402 g/mol. The minimum Gasteiger partial charge on any atom is -0.337 e. The van der Waals surface area contributed by atoms with Crippen molar-refractivity contribution in [1.29, 1.82) is 0 Å². The first kappa shape index (κ1) is 25.9. The molecule has 0 aliphatic carbocycles. The molecule has 3 heterocycles. The molecule has 0 spiro atoms. The molecule has 2 aromatic rings. The van der Waals surface area contributed by atoms with Gasteiger partial charge in [0.1, 0.15) is 5.82 Å². The molecule has 0 fully saturated rings. The zero-order valence-corrected chi connectivity index (χ0v) is 19.0. The quantitative estimate of drug-likeness (QED) is 0.748. The Morgan fingerprint density at radius 1 is 1.10 bits per heavy atom. The van der Waals surface area contributed by atoms with Crippen LogP contribution in [0.25, 0.3) is 5.65 Å².